The summed E-state index contributed by atoms with van der Waals surface area (Å²) in [5, 5.41) is 0.773. The summed E-state index contributed by atoms with van der Waals surface area (Å²) in [7, 11) is 0. The lowest BCUT2D eigenvalue weighted by molar-refractivity contribution is -0.154. The molecule has 3 heterocycles. The molecule has 2 atom stereocenters. The Morgan fingerprint density at radius 3 is 2.83 bits per heavy atom. The van der Waals surface area contributed by atoms with E-state index in [-0.39, 0.29) is 17.4 Å². The maximum atomic E-state index is 12.8. The lowest BCUT2D eigenvalue weighted by Gasteiger charge is -2.29. The molecule has 0 aliphatic carbocycles. The fourth-order valence-electron chi connectivity index (χ4n) is 4.37. The number of amides is 1. The van der Waals surface area contributed by atoms with Crippen LogP contribution in [0.3, 0.4) is 0 Å². The molecule has 0 saturated carbocycles. The first-order chi connectivity index (χ1) is 13.7. The van der Waals surface area contributed by atoms with E-state index < -0.39 is 17.6 Å². The van der Waals surface area contributed by atoms with Crippen LogP contribution in [-0.4, -0.2) is 33.4 Å². The molecule has 0 radical (unpaired) electrons. The van der Waals surface area contributed by atoms with Crippen LogP contribution in [0.25, 0.3) is 11.0 Å². The van der Waals surface area contributed by atoms with Crippen molar-refractivity contribution in [2.24, 2.45) is 0 Å². The van der Waals surface area contributed by atoms with Crippen LogP contribution < -0.4 is 5.63 Å². The average molecular weight is 416 g/mol. The molecule has 2 fully saturated rings. The second kappa shape index (κ2) is 7.20. The first-order valence-electron chi connectivity index (χ1n) is 9.89. The molecule has 0 spiro atoms. The third-order valence-corrected chi connectivity index (χ3v) is 7.43. The Morgan fingerprint density at radius 2 is 2.10 bits per heavy atom. The van der Waals surface area contributed by atoms with Crippen molar-refractivity contribution in [1.29, 1.82) is 0 Å². The van der Waals surface area contributed by atoms with Gasteiger partial charge in [-0.1, -0.05) is 13.8 Å². The minimum absolute atomic E-state index is 0.00213. The molecule has 6 nitrogen and oxygen atoms in total. The number of carbonyl (C=O) groups is 2. The Bertz CT molecular complexity index is 1060. The van der Waals surface area contributed by atoms with Crippen molar-refractivity contribution < 1.29 is 18.7 Å². The van der Waals surface area contributed by atoms with E-state index >= 15 is 0 Å². The van der Waals surface area contributed by atoms with E-state index in [0.717, 1.165) is 22.9 Å². The van der Waals surface area contributed by atoms with Gasteiger partial charge in [-0.25, -0.2) is 9.59 Å². The first-order valence-corrected chi connectivity index (χ1v) is 10.9. The number of benzene rings is 1. The molecular weight excluding hydrogens is 390 g/mol. The average Bonchev–Trinajstić information content (AvgIpc) is 3.14. The Hall–Kier alpha value is -2.28. The molecule has 7 heteroatoms. The zero-order chi connectivity index (χ0) is 20.9. The van der Waals surface area contributed by atoms with Gasteiger partial charge < -0.3 is 14.1 Å². The molecular formula is C22H25NO5S. The van der Waals surface area contributed by atoms with E-state index in [1.54, 1.807) is 16.7 Å². The van der Waals surface area contributed by atoms with Crippen molar-refractivity contribution in [2.45, 2.75) is 64.0 Å². The minimum Gasteiger partial charge on any atom is -0.459 e. The van der Waals surface area contributed by atoms with Gasteiger partial charge in [-0.15, -0.1) is 11.8 Å². The van der Waals surface area contributed by atoms with Gasteiger partial charge in [0.05, 0.1) is 4.87 Å². The molecule has 0 unspecified atom stereocenters. The number of fused-ring (bicyclic) bond motifs is 2. The molecule has 0 N–H and O–H groups in total. The van der Waals surface area contributed by atoms with Gasteiger partial charge in [-0.3, -0.25) is 4.79 Å². The number of hydrogen-bond acceptors (Lipinski definition) is 6. The monoisotopic (exact) mass is 415 g/mol. The quantitative estimate of drug-likeness (QED) is 0.560. The third kappa shape index (κ3) is 3.45. The number of ether oxygens (including phenoxy) is 1. The molecule has 29 heavy (non-hydrogen) atoms. The maximum Gasteiger partial charge on any atom is 0.336 e. The van der Waals surface area contributed by atoms with Crippen LogP contribution in [0.4, 0.5) is 0 Å². The summed E-state index contributed by atoms with van der Waals surface area (Å²) >= 11 is 1.63. The number of aryl methyl sites for hydroxylation is 1. The highest BCUT2D eigenvalue weighted by atomic mass is 32.2. The van der Waals surface area contributed by atoms with Crippen LogP contribution in [0.2, 0.25) is 0 Å². The normalized spacial score (nSPS) is 23.8. The van der Waals surface area contributed by atoms with Crippen molar-refractivity contribution in [2.75, 3.05) is 5.75 Å². The van der Waals surface area contributed by atoms with Crippen LogP contribution >= 0.6 is 11.8 Å². The highest BCUT2D eigenvalue weighted by Gasteiger charge is 2.53. The number of hydrogen-bond donors (Lipinski definition) is 0. The molecule has 154 valence electrons. The molecule has 1 aromatic carbocycles. The molecule has 4 rings (SSSR count). The number of carbonyl (C=O) groups excluding carboxylic acids is 2. The van der Waals surface area contributed by atoms with E-state index in [1.165, 1.54) is 6.07 Å². The zero-order valence-electron chi connectivity index (χ0n) is 17.1. The summed E-state index contributed by atoms with van der Waals surface area (Å²) in [5.74, 6) is 0.433. The first kappa shape index (κ1) is 20.0. The summed E-state index contributed by atoms with van der Waals surface area (Å²) in [4.78, 5) is 38.4. The van der Waals surface area contributed by atoms with Crippen LogP contribution in [0, 0.1) is 6.92 Å². The highest BCUT2D eigenvalue weighted by molar-refractivity contribution is 8.01. The van der Waals surface area contributed by atoms with Gasteiger partial charge in [0.25, 0.3) is 0 Å². The van der Waals surface area contributed by atoms with Gasteiger partial charge in [0.1, 0.15) is 18.2 Å². The van der Waals surface area contributed by atoms with E-state index in [2.05, 4.69) is 13.8 Å². The largest absolute Gasteiger partial charge is 0.459 e. The SMILES string of the molecule is Cc1cc2oc(=O)cc(COC(=O)[C@H]3CS[C@]4(C)CCC(=O)N34)c2cc1C(C)C. The van der Waals surface area contributed by atoms with Gasteiger partial charge in [-0.2, -0.15) is 0 Å². The van der Waals surface area contributed by atoms with Crippen molar-refractivity contribution in [3.8, 4) is 0 Å². The second-order valence-electron chi connectivity index (χ2n) is 8.32. The van der Waals surface area contributed by atoms with Gasteiger partial charge in [0, 0.05) is 29.2 Å². The Balaban J connectivity index is 1.60. The molecule has 2 saturated heterocycles. The molecule has 2 aromatic rings. The van der Waals surface area contributed by atoms with E-state index in [4.69, 9.17) is 9.15 Å². The third-order valence-electron chi connectivity index (χ3n) is 5.93. The van der Waals surface area contributed by atoms with E-state index in [9.17, 15) is 14.4 Å². The Labute approximate surface area is 173 Å². The van der Waals surface area contributed by atoms with Crippen molar-refractivity contribution in [3.63, 3.8) is 0 Å². The predicted molar refractivity (Wildman–Crippen MR) is 112 cm³/mol. The summed E-state index contributed by atoms with van der Waals surface area (Å²) in [5.41, 5.74) is 2.85. The predicted octanol–water partition coefficient (Wildman–Crippen LogP) is 3.72. The highest BCUT2D eigenvalue weighted by Crippen LogP contribution is 2.47. The zero-order valence-corrected chi connectivity index (χ0v) is 17.9. The minimum atomic E-state index is -0.570. The summed E-state index contributed by atoms with van der Waals surface area (Å²) in [6.45, 7) is 8.18. The summed E-state index contributed by atoms with van der Waals surface area (Å²) < 4.78 is 10.9. The van der Waals surface area contributed by atoms with Crippen molar-refractivity contribution in [1.82, 2.24) is 4.90 Å². The molecule has 1 aromatic heterocycles. The second-order valence-corrected chi connectivity index (χ2v) is 9.83. The van der Waals surface area contributed by atoms with Gasteiger partial charge in [0.15, 0.2) is 0 Å². The number of rotatable bonds is 4. The molecule has 2 aliphatic heterocycles. The molecule has 0 bridgehead atoms. The van der Waals surface area contributed by atoms with Gasteiger partial charge in [0.2, 0.25) is 5.91 Å². The molecule has 2 aliphatic rings. The lowest BCUT2D eigenvalue weighted by Crippen LogP contribution is -2.46. The van der Waals surface area contributed by atoms with Crippen molar-refractivity contribution >= 4 is 34.6 Å². The topological polar surface area (TPSA) is 76.8 Å². The fraction of sp³-hybridized carbons (Fsp3) is 0.500. The van der Waals surface area contributed by atoms with Crippen molar-refractivity contribution in [3.05, 3.63) is 45.3 Å². The standard InChI is InChI=1S/C22H25NO5S/c1-12(2)15-9-16-14(8-20(25)28-18(16)7-13(15)3)10-27-21(26)17-11-29-22(4)6-5-19(24)23(17)22/h7-9,12,17H,5-6,10-11H2,1-4H3/t17-,22-/m1/s1. The molecule has 1 amide bonds. The number of esters is 1. The smallest absolute Gasteiger partial charge is 0.336 e. The maximum absolute atomic E-state index is 12.8. The van der Waals surface area contributed by atoms with E-state index in [0.29, 0.717) is 29.2 Å². The summed E-state index contributed by atoms with van der Waals surface area (Å²) in [6, 6.07) is 4.68. The van der Waals surface area contributed by atoms with E-state index in [1.807, 2.05) is 26.0 Å². The van der Waals surface area contributed by atoms with Crippen LogP contribution in [0.5, 0.6) is 0 Å². The van der Waals surface area contributed by atoms with Gasteiger partial charge in [-0.05, 0) is 49.4 Å². The summed E-state index contributed by atoms with van der Waals surface area (Å²) in [6.07, 6.45) is 1.22. The van der Waals surface area contributed by atoms with Crippen LogP contribution in [-0.2, 0) is 20.9 Å². The van der Waals surface area contributed by atoms with Crippen LogP contribution in [0.1, 0.15) is 56.2 Å². The van der Waals surface area contributed by atoms with Gasteiger partial charge >= 0.3 is 11.6 Å². The Kier molecular flexibility index (Phi) is 4.97. The fourth-order valence-corrected chi connectivity index (χ4v) is 5.79. The van der Waals surface area contributed by atoms with Crippen LogP contribution in [0.15, 0.2) is 27.4 Å². The lowest BCUT2D eigenvalue weighted by atomic mass is 9.95. The Morgan fingerprint density at radius 1 is 1.34 bits per heavy atom. The number of thioether (sulfide) groups is 1. The number of nitrogens with zero attached hydrogens (tertiary/aromatic N) is 1.